The van der Waals surface area contributed by atoms with Crippen LogP contribution in [0.3, 0.4) is 0 Å². The Morgan fingerprint density at radius 2 is 1.60 bits per heavy atom. The number of tetrazole rings is 1. The van der Waals surface area contributed by atoms with E-state index in [1.807, 2.05) is 30.3 Å². The molecule has 9 heteroatoms. The maximum Gasteiger partial charge on any atom is 0.173 e. The number of hydrogen-bond donors (Lipinski definition) is 0. The molecule has 180 valence electrons. The van der Waals surface area contributed by atoms with E-state index in [4.69, 9.17) is 4.74 Å². The van der Waals surface area contributed by atoms with Crippen molar-refractivity contribution in [2.75, 3.05) is 38.2 Å². The SMILES string of the molecule is COc1ccccc1N1CCN([C@H](c2ccccc2F)c2nnnn2Cc2ccc(F)cc2)CC1. The monoisotopic (exact) mass is 476 g/mol. The van der Waals surface area contributed by atoms with Crippen LogP contribution in [0.25, 0.3) is 0 Å². The van der Waals surface area contributed by atoms with Crippen LogP contribution >= 0.6 is 0 Å². The lowest BCUT2D eigenvalue weighted by Gasteiger charge is -2.40. The van der Waals surface area contributed by atoms with Crippen molar-refractivity contribution in [1.82, 2.24) is 25.1 Å². The van der Waals surface area contributed by atoms with E-state index in [1.54, 1.807) is 36.1 Å². The number of methoxy groups -OCH3 is 1. The highest BCUT2D eigenvalue weighted by molar-refractivity contribution is 5.58. The van der Waals surface area contributed by atoms with Crippen LogP contribution in [0.2, 0.25) is 0 Å². The summed E-state index contributed by atoms with van der Waals surface area (Å²) in [5, 5.41) is 12.4. The zero-order valence-electron chi connectivity index (χ0n) is 19.4. The lowest BCUT2D eigenvalue weighted by atomic mass is 10.0. The maximum atomic E-state index is 15.1. The Morgan fingerprint density at radius 3 is 2.34 bits per heavy atom. The Labute approximate surface area is 202 Å². The number of anilines is 1. The van der Waals surface area contributed by atoms with Crippen molar-refractivity contribution in [1.29, 1.82) is 0 Å². The van der Waals surface area contributed by atoms with Crippen LogP contribution in [0.5, 0.6) is 5.75 Å². The Hall–Kier alpha value is -3.85. The quantitative estimate of drug-likeness (QED) is 0.403. The highest BCUT2D eigenvalue weighted by Crippen LogP contribution is 2.33. The van der Waals surface area contributed by atoms with E-state index in [2.05, 4.69) is 25.3 Å². The van der Waals surface area contributed by atoms with Gasteiger partial charge in [0.2, 0.25) is 0 Å². The number of aromatic nitrogens is 4. The second-order valence-electron chi connectivity index (χ2n) is 8.44. The van der Waals surface area contributed by atoms with Gasteiger partial charge in [0.25, 0.3) is 0 Å². The second kappa shape index (κ2) is 10.2. The van der Waals surface area contributed by atoms with Gasteiger partial charge in [0.1, 0.15) is 23.4 Å². The lowest BCUT2D eigenvalue weighted by Crippen LogP contribution is -2.48. The number of piperazine rings is 1. The van der Waals surface area contributed by atoms with Crippen molar-refractivity contribution in [3.05, 3.63) is 101 Å². The molecule has 3 aromatic carbocycles. The number of para-hydroxylation sites is 2. The molecule has 1 atom stereocenters. The van der Waals surface area contributed by atoms with Gasteiger partial charge in [0.15, 0.2) is 5.82 Å². The third-order valence-corrected chi connectivity index (χ3v) is 6.35. The van der Waals surface area contributed by atoms with E-state index in [-0.39, 0.29) is 11.6 Å². The topological polar surface area (TPSA) is 59.3 Å². The summed E-state index contributed by atoms with van der Waals surface area (Å²) in [5.41, 5.74) is 2.42. The van der Waals surface area contributed by atoms with Gasteiger partial charge in [-0.25, -0.2) is 13.5 Å². The first-order valence-corrected chi connectivity index (χ1v) is 11.5. The minimum atomic E-state index is -0.466. The molecule has 0 N–H and O–H groups in total. The van der Waals surface area contributed by atoms with Gasteiger partial charge in [-0.2, -0.15) is 0 Å². The van der Waals surface area contributed by atoms with Crippen LogP contribution in [-0.4, -0.2) is 58.4 Å². The van der Waals surface area contributed by atoms with Gasteiger partial charge in [0.05, 0.1) is 19.3 Å². The summed E-state index contributed by atoms with van der Waals surface area (Å²) in [7, 11) is 1.67. The Bertz CT molecular complexity index is 1270. The molecule has 1 saturated heterocycles. The molecule has 7 nitrogen and oxygen atoms in total. The van der Waals surface area contributed by atoms with Gasteiger partial charge in [0, 0.05) is 31.7 Å². The summed E-state index contributed by atoms with van der Waals surface area (Å²) in [4.78, 5) is 4.48. The fraction of sp³-hybridized carbons (Fsp3) is 0.269. The number of hydrogen-bond acceptors (Lipinski definition) is 6. The molecule has 0 unspecified atom stereocenters. The van der Waals surface area contributed by atoms with Crippen LogP contribution < -0.4 is 9.64 Å². The Balaban J connectivity index is 1.44. The summed E-state index contributed by atoms with van der Waals surface area (Å²) in [6.45, 7) is 3.20. The van der Waals surface area contributed by atoms with E-state index >= 15 is 4.39 Å². The molecule has 0 bridgehead atoms. The van der Waals surface area contributed by atoms with Crippen molar-refractivity contribution >= 4 is 5.69 Å². The van der Waals surface area contributed by atoms with Gasteiger partial charge < -0.3 is 9.64 Å². The Kier molecular flexibility index (Phi) is 6.67. The van der Waals surface area contributed by atoms with Gasteiger partial charge in [-0.1, -0.05) is 42.5 Å². The van der Waals surface area contributed by atoms with Crippen LogP contribution in [0, 0.1) is 11.6 Å². The molecular weight excluding hydrogens is 450 g/mol. The first kappa shape index (κ1) is 22.9. The fourth-order valence-electron chi connectivity index (χ4n) is 4.59. The number of halogens is 2. The van der Waals surface area contributed by atoms with E-state index in [0.717, 1.165) is 30.1 Å². The highest BCUT2D eigenvalue weighted by Gasteiger charge is 2.32. The molecule has 1 aliphatic rings. The molecule has 35 heavy (non-hydrogen) atoms. The first-order valence-electron chi connectivity index (χ1n) is 11.5. The van der Waals surface area contributed by atoms with Gasteiger partial charge in [-0.05, 0) is 46.3 Å². The van der Waals surface area contributed by atoms with Crippen LogP contribution in [0.4, 0.5) is 14.5 Å². The largest absolute Gasteiger partial charge is 0.495 e. The summed E-state index contributed by atoms with van der Waals surface area (Å²) in [6.07, 6.45) is 0. The summed E-state index contributed by atoms with van der Waals surface area (Å²) in [5.74, 6) is 0.767. The first-order chi connectivity index (χ1) is 17.1. The normalized spacial score (nSPS) is 15.2. The van der Waals surface area contributed by atoms with Crippen molar-refractivity contribution in [3.8, 4) is 5.75 Å². The minimum absolute atomic E-state index is 0.303. The summed E-state index contributed by atoms with van der Waals surface area (Å²) in [6, 6.07) is 20.4. The van der Waals surface area contributed by atoms with Gasteiger partial charge in [-0.3, -0.25) is 4.90 Å². The number of nitrogens with zero attached hydrogens (tertiary/aromatic N) is 6. The molecule has 0 saturated carbocycles. The van der Waals surface area contributed by atoms with Crippen molar-refractivity contribution in [2.24, 2.45) is 0 Å². The average Bonchev–Trinajstić information content (AvgIpc) is 3.34. The summed E-state index contributed by atoms with van der Waals surface area (Å²) >= 11 is 0. The van der Waals surface area contributed by atoms with E-state index in [0.29, 0.717) is 31.0 Å². The number of benzene rings is 3. The van der Waals surface area contributed by atoms with E-state index in [9.17, 15) is 4.39 Å². The molecule has 2 heterocycles. The molecule has 4 aromatic rings. The van der Waals surface area contributed by atoms with Crippen molar-refractivity contribution in [2.45, 2.75) is 12.6 Å². The smallest absolute Gasteiger partial charge is 0.173 e. The molecule has 0 radical (unpaired) electrons. The highest BCUT2D eigenvalue weighted by atomic mass is 19.1. The average molecular weight is 477 g/mol. The molecule has 1 aromatic heterocycles. The van der Waals surface area contributed by atoms with E-state index < -0.39 is 6.04 Å². The zero-order valence-corrected chi connectivity index (χ0v) is 19.4. The lowest BCUT2D eigenvalue weighted by molar-refractivity contribution is 0.197. The predicted molar refractivity (Wildman–Crippen MR) is 128 cm³/mol. The van der Waals surface area contributed by atoms with Gasteiger partial charge >= 0.3 is 0 Å². The third kappa shape index (κ3) is 4.85. The molecule has 0 aliphatic carbocycles. The van der Waals surface area contributed by atoms with Crippen LogP contribution in [0.15, 0.2) is 72.8 Å². The van der Waals surface area contributed by atoms with Gasteiger partial charge in [-0.15, -0.1) is 5.10 Å². The van der Waals surface area contributed by atoms with Crippen LogP contribution in [0.1, 0.15) is 23.0 Å². The molecule has 5 rings (SSSR count). The fourth-order valence-corrected chi connectivity index (χ4v) is 4.59. The maximum absolute atomic E-state index is 15.1. The van der Waals surface area contributed by atoms with Crippen LogP contribution in [-0.2, 0) is 6.54 Å². The standard InChI is InChI=1S/C26H26F2N6O/c1-35-24-9-5-4-8-23(24)32-14-16-33(17-15-32)25(21-6-2-3-7-22(21)28)26-29-30-31-34(26)18-19-10-12-20(27)13-11-19/h2-13,25H,14-18H2,1H3/t25-/m1/s1. The molecular formula is C26H26F2N6O. The minimum Gasteiger partial charge on any atom is -0.495 e. The number of ether oxygens (including phenoxy) is 1. The second-order valence-corrected chi connectivity index (χ2v) is 8.44. The summed E-state index contributed by atoms with van der Waals surface area (Å²) < 4.78 is 35.6. The predicted octanol–water partition coefficient (Wildman–Crippen LogP) is 3.92. The Morgan fingerprint density at radius 1 is 0.886 bits per heavy atom. The molecule has 1 aliphatic heterocycles. The molecule has 0 amide bonds. The molecule has 0 spiro atoms. The zero-order chi connectivity index (χ0) is 24.2. The number of rotatable bonds is 7. The third-order valence-electron chi connectivity index (χ3n) is 6.35. The van der Waals surface area contributed by atoms with Crippen molar-refractivity contribution < 1.29 is 13.5 Å². The van der Waals surface area contributed by atoms with Crippen molar-refractivity contribution in [3.63, 3.8) is 0 Å². The van der Waals surface area contributed by atoms with E-state index in [1.165, 1.54) is 18.2 Å². The molecule has 1 fully saturated rings.